The molecule has 0 aromatic heterocycles. The van der Waals surface area contributed by atoms with Crippen LogP contribution in [0.4, 0.5) is 27.5 Å². The quantitative estimate of drug-likeness (QED) is 0.286. The molecule has 2 aromatic rings. The summed E-state index contributed by atoms with van der Waals surface area (Å²) in [5, 5.41) is 19.1. The zero-order chi connectivity index (χ0) is 24.5. The minimum Gasteiger partial charge on any atom is -0.385 e. The van der Waals surface area contributed by atoms with Crippen molar-refractivity contribution in [3.05, 3.63) is 58.1 Å². The number of non-ortho nitro benzene ring substituents is 1. The predicted octanol–water partition coefficient (Wildman–Crippen LogP) is 4.24. The Morgan fingerprint density at radius 3 is 2.38 bits per heavy atom. The molecule has 3 amide bonds. The number of hydrogen-bond donors (Lipinski definition) is 3. The molecule has 10 heteroatoms. The van der Waals surface area contributed by atoms with Crippen LogP contribution in [0.3, 0.4) is 0 Å². The van der Waals surface area contributed by atoms with Gasteiger partial charge in [-0.2, -0.15) is 0 Å². The first-order valence-corrected chi connectivity index (χ1v) is 11.4. The van der Waals surface area contributed by atoms with Crippen LogP contribution in [0.15, 0.2) is 42.5 Å². The molecule has 1 fully saturated rings. The summed E-state index contributed by atoms with van der Waals surface area (Å²) < 4.78 is 5.04. The van der Waals surface area contributed by atoms with E-state index in [4.69, 9.17) is 4.74 Å². The molecule has 1 heterocycles. The zero-order valence-electron chi connectivity index (χ0n) is 19.5. The lowest BCUT2D eigenvalue weighted by molar-refractivity contribution is -0.384. The fourth-order valence-electron chi connectivity index (χ4n) is 3.79. The molecule has 0 saturated carbocycles. The van der Waals surface area contributed by atoms with Gasteiger partial charge in [0.1, 0.15) is 0 Å². The topological polar surface area (TPSA) is 126 Å². The highest BCUT2D eigenvalue weighted by Crippen LogP contribution is 2.29. The van der Waals surface area contributed by atoms with Crippen molar-refractivity contribution in [2.45, 2.75) is 26.2 Å². The monoisotopic (exact) mass is 469 g/mol. The number of nitro groups is 1. The molecule has 1 aliphatic rings. The molecule has 10 nitrogen and oxygen atoms in total. The van der Waals surface area contributed by atoms with E-state index in [2.05, 4.69) is 27.8 Å². The highest BCUT2D eigenvalue weighted by atomic mass is 16.6. The van der Waals surface area contributed by atoms with E-state index in [1.165, 1.54) is 24.3 Å². The summed E-state index contributed by atoms with van der Waals surface area (Å²) >= 11 is 0. The van der Waals surface area contributed by atoms with Crippen LogP contribution in [0.2, 0.25) is 0 Å². The summed E-state index contributed by atoms with van der Waals surface area (Å²) in [6.45, 7) is 5.03. The minimum atomic E-state index is -0.514. The van der Waals surface area contributed by atoms with E-state index in [1.54, 1.807) is 19.2 Å². The average Bonchev–Trinajstić information content (AvgIpc) is 2.82. The molecule has 1 saturated heterocycles. The van der Waals surface area contributed by atoms with E-state index >= 15 is 0 Å². The predicted molar refractivity (Wildman–Crippen MR) is 132 cm³/mol. The van der Waals surface area contributed by atoms with E-state index in [0.29, 0.717) is 42.4 Å². The van der Waals surface area contributed by atoms with Crippen molar-refractivity contribution in [1.82, 2.24) is 5.32 Å². The molecule has 34 heavy (non-hydrogen) atoms. The summed E-state index contributed by atoms with van der Waals surface area (Å²) in [7, 11) is 1.62. The second kappa shape index (κ2) is 12.0. The van der Waals surface area contributed by atoms with Crippen LogP contribution in [-0.2, 0) is 4.74 Å². The van der Waals surface area contributed by atoms with Crippen molar-refractivity contribution in [1.29, 1.82) is 0 Å². The molecule has 182 valence electrons. The number of carbonyl (C=O) groups is 2. The summed E-state index contributed by atoms with van der Waals surface area (Å²) in [5.74, 6) is 0.454. The van der Waals surface area contributed by atoms with E-state index < -0.39 is 11.0 Å². The highest BCUT2D eigenvalue weighted by Gasteiger charge is 2.22. The van der Waals surface area contributed by atoms with Gasteiger partial charge in [0.25, 0.3) is 11.6 Å². The van der Waals surface area contributed by atoms with Gasteiger partial charge in [0.2, 0.25) is 0 Å². The largest absolute Gasteiger partial charge is 0.385 e. The molecule has 0 atom stereocenters. The van der Waals surface area contributed by atoms with Gasteiger partial charge in [-0.05, 0) is 55.5 Å². The molecular weight excluding hydrogens is 438 g/mol. The number of benzene rings is 2. The van der Waals surface area contributed by atoms with Crippen LogP contribution in [0.1, 0.15) is 36.5 Å². The summed E-state index contributed by atoms with van der Waals surface area (Å²) in [5.41, 5.74) is 2.17. The van der Waals surface area contributed by atoms with E-state index in [9.17, 15) is 19.7 Å². The number of hydrogen-bond acceptors (Lipinski definition) is 6. The Kier molecular flexibility index (Phi) is 8.80. The normalized spacial score (nSPS) is 13.9. The van der Waals surface area contributed by atoms with Gasteiger partial charge < -0.3 is 25.6 Å². The van der Waals surface area contributed by atoms with Gasteiger partial charge in [0.15, 0.2) is 0 Å². The first-order chi connectivity index (χ1) is 16.4. The Labute approximate surface area is 198 Å². The second-order valence-corrected chi connectivity index (χ2v) is 8.39. The van der Waals surface area contributed by atoms with Crippen LogP contribution in [-0.4, -0.2) is 50.2 Å². The third-order valence-electron chi connectivity index (χ3n) is 5.77. The molecule has 3 rings (SSSR count). The molecule has 0 radical (unpaired) electrons. The number of ether oxygens (including phenoxy) is 1. The third-order valence-corrected chi connectivity index (χ3v) is 5.77. The summed E-state index contributed by atoms with van der Waals surface area (Å²) in [6, 6.07) is 10.3. The lowest BCUT2D eigenvalue weighted by Crippen LogP contribution is -2.35. The SMILES string of the molecule is COCCCNC(=O)c1cc(NC(=O)Nc2ccc([N+](=O)[O-])cc2)ccc1N1CCC(C)CC1. The van der Waals surface area contributed by atoms with E-state index in [-0.39, 0.29) is 11.6 Å². The molecule has 1 aliphatic heterocycles. The standard InChI is InChI=1S/C24H31N5O5/c1-17-10-13-28(14-11-17)22-9-6-19(16-21(22)23(30)25-12-3-15-34-2)27-24(31)26-18-4-7-20(8-5-18)29(32)33/h4-9,16-17H,3,10-15H2,1-2H3,(H,25,30)(H2,26,27,31). The Bertz CT molecular complexity index is 1000. The van der Waals surface area contributed by atoms with Gasteiger partial charge in [-0.3, -0.25) is 14.9 Å². The van der Waals surface area contributed by atoms with E-state index in [1.807, 2.05) is 6.07 Å². The van der Waals surface area contributed by atoms with Gasteiger partial charge in [-0.1, -0.05) is 6.92 Å². The van der Waals surface area contributed by atoms with Crippen molar-refractivity contribution in [3.8, 4) is 0 Å². The number of nitrogens with zero attached hydrogens (tertiary/aromatic N) is 2. The molecule has 2 aromatic carbocycles. The molecule has 0 aliphatic carbocycles. The van der Waals surface area contributed by atoms with Crippen molar-refractivity contribution in [2.75, 3.05) is 48.9 Å². The number of carbonyl (C=O) groups excluding carboxylic acids is 2. The first kappa shape index (κ1) is 25.0. The number of urea groups is 1. The van der Waals surface area contributed by atoms with Gasteiger partial charge >= 0.3 is 6.03 Å². The lowest BCUT2D eigenvalue weighted by Gasteiger charge is -2.33. The van der Waals surface area contributed by atoms with E-state index in [0.717, 1.165) is 31.6 Å². The van der Waals surface area contributed by atoms with Crippen LogP contribution in [0.5, 0.6) is 0 Å². The Morgan fingerprint density at radius 2 is 1.74 bits per heavy atom. The van der Waals surface area contributed by atoms with Crippen LogP contribution >= 0.6 is 0 Å². The zero-order valence-corrected chi connectivity index (χ0v) is 19.5. The highest BCUT2D eigenvalue weighted by molar-refractivity contribution is 6.04. The minimum absolute atomic E-state index is 0.0604. The maximum Gasteiger partial charge on any atom is 0.323 e. The number of rotatable bonds is 9. The van der Waals surface area contributed by atoms with Gasteiger partial charge in [-0.25, -0.2) is 4.79 Å². The van der Waals surface area contributed by atoms with Crippen molar-refractivity contribution >= 4 is 34.7 Å². The average molecular weight is 470 g/mol. The number of nitrogens with one attached hydrogen (secondary N) is 3. The van der Waals surface area contributed by atoms with Gasteiger partial charge in [0.05, 0.1) is 10.5 Å². The Balaban J connectivity index is 1.73. The number of anilines is 3. The fraction of sp³-hybridized carbons (Fsp3) is 0.417. The number of methoxy groups -OCH3 is 1. The molecule has 0 unspecified atom stereocenters. The van der Waals surface area contributed by atoms with Crippen LogP contribution in [0, 0.1) is 16.0 Å². The fourth-order valence-corrected chi connectivity index (χ4v) is 3.79. The lowest BCUT2D eigenvalue weighted by atomic mass is 9.98. The third kappa shape index (κ3) is 6.92. The Hall–Kier alpha value is -3.66. The molecule has 3 N–H and O–H groups in total. The smallest absolute Gasteiger partial charge is 0.323 e. The summed E-state index contributed by atoms with van der Waals surface area (Å²) in [4.78, 5) is 37.9. The van der Waals surface area contributed by atoms with Gasteiger partial charge in [-0.15, -0.1) is 0 Å². The van der Waals surface area contributed by atoms with Crippen molar-refractivity contribution in [2.24, 2.45) is 5.92 Å². The molecular formula is C24H31N5O5. The number of nitro benzene ring substituents is 1. The van der Waals surface area contributed by atoms with Gasteiger partial charge in [0, 0.05) is 62.5 Å². The Morgan fingerprint density at radius 1 is 1.09 bits per heavy atom. The number of piperidine rings is 1. The first-order valence-electron chi connectivity index (χ1n) is 11.4. The second-order valence-electron chi connectivity index (χ2n) is 8.39. The molecule has 0 spiro atoms. The maximum atomic E-state index is 13.0. The molecule has 0 bridgehead atoms. The number of amides is 3. The van der Waals surface area contributed by atoms with Crippen molar-refractivity contribution in [3.63, 3.8) is 0 Å². The summed E-state index contributed by atoms with van der Waals surface area (Å²) in [6.07, 6.45) is 2.83. The van der Waals surface area contributed by atoms with Crippen molar-refractivity contribution < 1.29 is 19.2 Å². The van der Waals surface area contributed by atoms with Crippen LogP contribution in [0.25, 0.3) is 0 Å². The van der Waals surface area contributed by atoms with Crippen LogP contribution < -0.4 is 20.9 Å². The maximum absolute atomic E-state index is 13.0.